The fourth-order valence-corrected chi connectivity index (χ4v) is 2.17. The van der Waals surface area contributed by atoms with Crippen molar-refractivity contribution in [2.75, 3.05) is 21.3 Å². The van der Waals surface area contributed by atoms with E-state index in [0.717, 1.165) is 0 Å². The lowest BCUT2D eigenvalue weighted by Crippen LogP contribution is -2.44. The number of urea groups is 1. The number of rotatable bonds is 8. The molecule has 3 amide bonds. The van der Waals surface area contributed by atoms with Gasteiger partial charge in [0, 0.05) is 12.0 Å². The molecule has 1 aromatic carbocycles. The average molecular weight is 400 g/mol. The summed E-state index contributed by atoms with van der Waals surface area (Å²) in [6.07, 6.45) is 0.513. The van der Waals surface area contributed by atoms with Gasteiger partial charge in [0.05, 0.1) is 27.0 Å². The largest absolute Gasteiger partial charge is 0.493 e. The molecule has 0 saturated carbocycles. The van der Waals surface area contributed by atoms with Gasteiger partial charge in [-0.25, -0.2) is 10.3 Å². The Kier molecular flexibility index (Phi) is 8.69. The molecule has 0 aliphatic carbocycles. The molecule has 0 radical (unpaired) electrons. The Labute approximate surface area is 163 Å². The number of hydrazine groups is 1. The van der Waals surface area contributed by atoms with Gasteiger partial charge in [0.15, 0.2) is 11.5 Å². The summed E-state index contributed by atoms with van der Waals surface area (Å²) in [6, 6.07) is 2.27. The van der Waals surface area contributed by atoms with E-state index in [9.17, 15) is 14.8 Å². The van der Waals surface area contributed by atoms with Crippen molar-refractivity contribution in [2.45, 2.75) is 26.7 Å². The van der Waals surface area contributed by atoms with Crippen LogP contribution in [-0.2, 0) is 4.79 Å². The summed E-state index contributed by atoms with van der Waals surface area (Å²) in [5.74, 6) is 0.563. The maximum absolute atomic E-state index is 11.9. The van der Waals surface area contributed by atoms with Crippen LogP contribution in [0.5, 0.6) is 17.2 Å². The molecule has 27 heavy (non-hydrogen) atoms. The lowest BCUT2D eigenvalue weighted by molar-refractivity contribution is -0.154. The molecule has 0 fully saturated rings. The van der Waals surface area contributed by atoms with Crippen molar-refractivity contribution in [3.05, 3.63) is 17.7 Å². The van der Waals surface area contributed by atoms with Crippen LogP contribution in [0.1, 0.15) is 32.3 Å². The molecule has 2 N–H and O–H groups in total. The molecule has 0 aliphatic rings. The zero-order chi connectivity index (χ0) is 20.6. The number of hydrogen-bond donors (Lipinski definition) is 3. The minimum absolute atomic E-state index is 0.0200. The minimum atomic E-state index is -1.08. The summed E-state index contributed by atoms with van der Waals surface area (Å²) in [6.45, 7) is 3.41. The van der Waals surface area contributed by atoms with E-state index in [1.165, 1.54) is 21.3 Å². The average Bonchev–Trinajstić information content (AvgIpc) is 2.69. The molecule has 0 atom stereocenters. The van der Waals surface area contributed by atoms with Crippen molar-refractivity contribution in [3.63, 3.8) is 0 Å². The molecule has 1 aromatic rings. The van der Waals surface area contributed by atoms with Gasteiger partial charge in [-0.1, -0.05) is 6.92 Å². The van der Waals surface area contributed by atoms with E-state index in [1.54, 1.807) is 26.0 Å². The van der Waals surface area contributed by atoms with Gasteiger partial charge >= 0.3 is 6.03 Å². The van der Waals surface area contributed by atoms with E-state index in [4.69, 9.17) is 14.2 Å². The van der Waals surface area contributed by atoms with Gasteiger partial charge < -0.3 is 14.2 Å². The lowest BCUT2D eigenvalue weighted by Gasteiger charge is -2.20. The van der Waals surface area contributed by atoms with Crippen molar-refractivity contribution in [3.8, 4) is 17.2 Å². The van der Waals surface area contributed by atoms with Crippen molar-refractivity contribution in [1.82, 2.24) is 15.0 Å². The molecular weight excluding hydrogens is 376 g/mol. The molecule has 0 aliphatic heterocycles. The second-order valence-corrected chi connectivity index (χ2v) is 5.66. The van der Waals surface area contributed by atoms with Gasteiger partial charge in [-0.2, -0.15) is 9.52 Å². The number of methoxy groups -OCH3 is 3. The highest BCUT2D eigenvalue weighted by molar-refractivity contribution is 7.78. The first-order chi connectivity index (χ1) is 12.8. The van der Waals surface area contributed by atoms with Crippen LogP contribution in [0, 0.1) is 0 Å². The van der Waals surface area contributed by atoms with Crippen LogP contribution in [-0.4, -0.2) is 53.7 Å². The Morgan fingerprint density at radius 1 is 1.19 bits per heavy atom. The Hall–Kier alpha value is -2.66. The van der Waals surface area contributed by atoms with E-state index in [2.05, 4.69) is 23.5 Å². The van der Waals surface area contributed by atoms with Gasteiger partial charge in [-0.15, -0.1) is 5.06 Å². The molecule has 0 unspecified atom stereocenters. The molecule has 0 bridgehead atoms. The number of ether oxygens (including phenoxy) is 3. The molecule has 11 heteroatoms. The minimum Gasteiger partial charge on any atom is -0.493 e. The van der Waals surface area contributed by atoms with Crippen LogP contribution in [0.15, 0.2) is 17.2 Å². The number of imide groups is 1. The monoisotopic (exact) mass is 400 g/mol. The molecule has 0 aromatic heterocycles. The third-order valence-electron chi connectivity index (χ3n) is 3.46. The maximum atomic E-state index is 11.9. The number of carbonyl (C=O) groups is 2. The topological polar surface area (TPSA) is 113 Å². The number of benzene rings is 1. The van der Waals surface area contributed by atoms with Crippen molar-refractivity contribution >= 4 is 30.5 Å². The molecule has 0 heterocycles. The van der Waals surface area contributed by atoms with Crippen LogP contribution >= 0.6 is 12.8 Å². The summed E-state index contributed by atoms with van der Waals surface area (Å²) >= 11 is 3.87. The molecule has 0 spiro atoms. The Bertz CT molecular complexity index is 687. The molecule has 150 valence electrons. The van der Waals surface area contributed by atoms with E-state index in [-0.39, 0.29) is 11.5 Å². The fourth-order valence-electron chi connectivity index (χ4n) is 2.04. The molecular formula is C16H24N4O6S. The van der Waals surface area contributed by atoms with Crippen LogP contribution < -0.4 is 19.7 Å². The Morgan fingerprint density at radius 2 is 1.74 bits per heavy atom. The van der Waals surface area contributed by atoms with E-state index in [1.807, 2.05) is 0 Å². The summed E-state index contributed by atoms with van der Waals surface area (Å²) in [7, 11) is 4.47. The molecule has 10 nitrogen and oxygen atoms in total. The lowest BCUT2D eigenvalue weighted by atomic mass is 10.1. The first-order valence-corrected chi connectivity index (χ1v) is 8.35. The quantitative estimate of drug-likeness (QED) is 0.265. The second kappa shape index (κ2) is 10.5. The van der Waals surface area contributed by atoms with Gasteiger partial charge in [0.2, 0.25) is 5.75 Å². The Balaban J connectivity index is 2.96. The standard InChI is InChI=1S/C16H24N4O6S/c1-6-7-14(21)19(23)16(22)20(27)18-17-10(2)11-8-12(24-3)15(26-5)13(9-11)25-4/h8-9,18,23,27H,6-7H2,1-5H3/b17-10+. The molecule has 0 saturated heterocycles. The van der Waals surface area contributed by atoms with E-state index in [0.29, 0.717) is 39.4 Å². The maximum Gasteiger partial charge on any atom is 0.381 e. The van der Waals surface area contributed by atoms with E-state index < -0.39 is 11.9 Å². The zero-order valence-electron chi connectivity index (χ0n) is 15.8. The normalized spacial score (nSPS) is 10.9. The Morgan fingerprint density at radius 3 is 2.19 bits per heavy atom. The number of hydroxylamine groups is 2. The van der Waals surface area contributed by atoms with Gasteiger partial charge in [-0.05, 0) is 38.3 Å². The highest BCUT2D eigenvalue weighted by Crippen LogP contribution is 2.38. The van der Waals surface area contributed by atoms with Crippen molar-refractivity contribution in [1.29, 1.82) is 0 Å². The van der Waals surface area contributed by atoms with E-state index >= 15 is 0 Å². The number of nitrogens with zero attached hydrogens (tertiary/aromatic N) is 3. The van der Waals surface area contributed by atoms with Crippen LogP contribution in [0.2, 0.25) is 0 Å². The summed E-state index contributed by atoms with van der Waals surface area (Å²) < 4.78 is 16.4. The van der Waals surface area contributed by atoms with Crippen LogP contribution in [0.4, 0.5) is 4.79 Å². The third kappa shape index (κ3) is 5.66. The summed E-state index contributed by atoms with van der Waals surface area (Å²) in [4.78, 5) is 23.5. The summed E-state index contributed by atoms with van der Waals surface area (Å²) in [5.41, 5.74) is 3.40. The van der Waals surface area contributed by atoms with Gasteiger partial charge in [0.25, 0.3) is 5.91 Å². The number of nitrogens with one attached hydrogen (secondary N) is 1. The number of carbonyl (C=O) groups excluding carboxylic acids is 2. The molecule has 1 rings (SSSR count). The van der Waals surface area contributed by atoms with Crippen LogP contribution in [0.25, 0.3) is 0 Å². The first kappa shape index (κ1) is 22.4. The SMILES string of the molecule is CCCC(=O)N(O)C(=O)N(S)N/N=C(\C)c1cc(OC)c(OC)c(OC)c1. The first-order valence-electron chi connectivity index (χ1n) is 7.95. The number of hydrogen-bond acceptors (Lipinski definition) is 9. The number of thiol groups is 1. The smallest absolute Gasteiger partial charge is 0.381 e. The fraction of sp³-hybridized carbons (Fsp3) is 0.438. The van der Waals surface area contributed by atoms with Crippen molar-refractivity contribution < 1.29 is 29.0 Å². The second-order valence-electron chi connectivity index (χ2n) is 5.26. The summed E-state index contributed by atoms with van der Waals surface area (Å²) in [5, 5.41) is 13.6. The van der Waals surface area contributed by atoms with Crippen LogP contribution in [0.3, 0.4) is 0 Å². The zero-order valence-corrected chi connectivity index (χ0v) is 16.7. The highest BCUT2D eigenvalue weighted by atomic mass is 32.1. The number of hydrazone groups is 1. The highest BCUT2D eigenvalue weighted by Gasteiger charge is 2.23. The predicted molar refractivity (Wildman–Crippen MR) is 101 cm³/mol. The predicted octanol–water partition coefficient (Wildman–Crippen LogP) is 2.23. The number of amides is 3. The van der Waals surface area contributed by atoms with Gasteiger partial charge in [0.1, 0.15) is 0 Å². The van der Waals surface area contributed by atoms with Crippen molar-refractivity contribution in [2.24, 2.45) is 5.10 Å². The third-order valence-corrected chi connectivity index (χ3v) is 3.72. The van der Waals surface area contributed by atoms with Gasteiger partial charge in [-0.3, -0.25) is 10.0 Å².